The molecule has 0 heterocycles. The van der Waals surface area contributed by atoms with Crippen molar-refractivity contribution in [2.45, 2.75) is 78.6 Å². The van der Waals surface area contributed by atoms with Gasteiger partial charge in [-0.25, -0.2) is 0 Å². The van der Waals surface area contributed by atoms with Gasteiger partial charge in [0.1, 0.15) is 0 Å². The molecule has 0 radical (unpaired) electrons. The van der Waals surface area contributed by atoms with E-state index in [2.05, 4.69) is 52.2 Å². The molecule has 4 aliphatic rings. The summed E-state index contributed by atoms with van der Waals surface area (Å²) < 4.78 is 0. The predicted molar refractivity (Wildman–Crippen MR) is 113 cm³/mol. The molecule has 0 heteroatoms. The molecule has 0 N–H and O–H groups in total. The van der Waals surface area contributed by atoms with Crippen molar-refractivity contribution in [2.75, 3.05) is 0 Å². The Bertz CT molecular complexity index is 662. The van der Waals surface area contributed by atoms with E-state index in [1.807, 2.05) is 0 Å². The van der Waals surface area contributed by atoms with Crippen molar-refractivity contribution >= 4 is 0 Å². The van der Waals surface area contributed by atoms with Gasteiger partial charge in [0, 0.05) is 0 Å². The normalized spacial score (nSPS) is 44.1. The highest BCUT2D eigenvalue weighted by Gasteiger charge is 2.57. The van der Waals surface area contributed by atoms with Crippen molar-refractivity contribution in [1.82, 2.24) is 0 Å². The van der Waals surface area contributed by atoms with Crippen LogP contribution < -0.4 is 0 Å². The van der Waals surface area contributed by atoms with Gasteiger partial charge in [-0.3, -0.25) is 0 Å². The van der Waals surface area contributed by atoms with Crippen molar-refractivity contribution in [3.05, 3.63) is 48.1 Å². The van der Waals surface area contributed by atoms with E-state index >= 15 is 0 Å². The molecule has 0 amide bonds. The Hall–Kier alpha value is -1.04. The molecular weight excluding hydrogens is 312 g/mol. The molecule has 5 unspecified atom stereocenters. The molecule has 0 nitrogen and oxygen atoms in total. The van der Waals surface area contributed by atoms with E-state index in [9.17, 15) is 0 Å². The first-order chi connectivity index (χ1) is 12.4. The zero-order chi connectivity index (χ0) is 18.5. The third kappa shape index (κ3) is 2.71. The van der Waals surface area contributed by atoms with Gasteiger partial charge in [-0.2, -0.15) is 0 Å². The Labute approximate surface area is 161 Å². The third-order valence-corrected chi connectivity index (χ3v) is 9.18. The van der Waals surface area contributed by atoms with E-state index in [4.69, 9.17) is 0 Å². The average Bonchev–Trinajstić information content (AvgIpc) is 2.96. The van der Waals surface area contributed by atoms with Crippen LogP contribution in [0.2, 0.25) is 0 Å². The predicted octanol–water partition coefficient (Wildman–Crippen LogP) is 7.64. The van der Waals surface area contributed by atoms with Gasteiger partial charge in [0.25, 0.3) is 0 Å². The number of rotatable bonds is 4. The van der Waals surface area contributed by atoms with Crippen LogP contribution in [-0.4, -0.2) is 0 Å². The number of fused-ring (bicyclic) bond motifs is 5. The summed E-state index contributed by atoms with van der Waals surface area (Å²) in [5, 5.41) is 0. The number of hydrogen-bond acceptors (Lipinski definition) is 0. The molecular formula is C26H38. The minimum absolute atomic E-state index is 0.399. The first-order valence-electron chi connectivity index (χ1n) is 11.1. The van der Waals surface area contributed by atoms with Crippen molar-refractivity contribution < 1.29 is 0 Å². The minimum Gasteiger partial charge on any atom is -0.0999 e. The fraction of sp³-hybridized carbons (Fsp3) is 0.692. The largest absolute Gasteiger partial charge is 0.0999 e. The molecule has 142 valence electrons. The molecule has 0 aromatic rings. The maximum absolute atomic E-state index is 4.26. The second-order valence-electron chi connectivity index (χ2n) is 10.3. The molecule has 4 aliphatic carbocycles. The van der Waals surface area contributed by atoms with Crippen molar-refractivity contribution in [3.8, 4) is 0 Å². The van der Waals surface area contributed by atoms with Gasteiger partial charge in [-0.05, 0) is 97.9 Å². The standard InChI is InChI=1S/C26H38/c1-6-18(2)7-8-20-10-12-23-22-11-9-21-17-19(3)13-15-26(21,5)24(22)14-16-25(20,23)4/h9,11,17,20,22-24H,2-3,6-8,10,12-16H2,1,4-5H3/t20-,22?,23?,24?,25?,26?/m1/s1. The smallest absolute Gasteiger partial charge is 0.00382 e. The van der Waals surface area contributed by atoms with Crippen LogP contribution in [0.5, 0.6) is 0 Å². The van der Waals surface area contributed by atoms with E-state index in [0.717, 1.165) is 30.1 Å². The van der Waals surface area contributed by atoms with Gasteiger partial charge in [0.05, 0.1) is 0 Å². The molecule has 0 aromatic carbocycles. The van der Waals surface area contributed by atoms with Crippen LogP contribution in [0.1, 0.15) is 78.6 Å². The van der Waals surface area contributed by atoms with Crippen LogP contribution in [-0.2, 0) is 0 Å². The van der Waals surface area contributed by atoms with E-state index in [0.29, 0.717) is 10.8 Å². The highest BCUT2D eigenvalue weighted by molar-refractivity contribution is 5.41. The van der Waals surface area contributed by atoms with Crippen molar-refractivity contribution in [1.29, 1.82) is 0 Å². The summed E-state index contributed by atoms with van der Waals surface area (Å²) in [5.74, 6) is 3.48. The van der Waals surface area contributed by atoms with Gasteiger partial charge in [0.2, 0.25) is 0 Å². The Kier molecular flexibility index (Phi) is 4.61. The monoisotopic (exact) mass is 350 g/mol. The Balaban J connectivity index is 1.58. The molecule has 26 heavy (non-hydrogen) atoms. The Morgan fingerprint density at radius 3 is 2.73 bits per heavy atom. The van der Waals surface area contributed by atoms with E-state index < -0.39 is 0 Å². The van der Waals surface area contributed by atoms with Crippen LogP contribution in [0.25, 0.3) is 0 Å². The highest BCUT2D eigenvalue weighted by atomic mass is 14.6. The van der Waals surface area contributed by atoms with Crippen LogP contribution in [0, 0.1) is 34.5 Å². The lowest BCUT2D eigenvalue weighted by molar-refractivity contribution is -0.0151. The lowest BCUT2D eigenvalue weighted by atomic mass is 9.48. The first kappa shape index (κ1) is 18.3. The molecule has 0 aromatic heterocycles. The van der Waals surface area contributed by atoms with Gasteiger partial charge in [-0.15, -0.1) is 0 Å². The second kappa shape index (κ2) is 6.54. The molecule has 0 spiro atoms. The Morgan fingerprint density at radius 1 is 1.15 bits per heavy atom. The van der Waals surface area contributed by atoms with Crippen LogP contribution in [0.15, 0.2) is 48.1 Å². The molecule has 0 saturated heterocycles. The lowest BCUT2D eigenvalue weighted by Crippen LogP contribution is -2.48. The zero-order valence-corrected chi connectivity index (χ0v) is 17.3. The summed E-state index contributed by atoms with van der Waals surface area (Å²) in [6.45, 7) is 16.0. The molecule has 6 atom stereocenters. The van der Waals surface area contributed by atoms with Gasteiger partial charge < -0.3 is 0 Å². The van der Waals surface area contributed by atoms with E-state index in [1.54, 1.807) is 5.57 Å². The first-order valence-corrected chi connectivity index (χ1v) is 11.1. The Morgan fingerprint density at radius 2 is 1.96 bits per heavy atom. The SMILES string of the molecule is C=C1C=C2C=CC3C(CCC4(C)C3CC[C@H]4CCC(=C)CC)C2(C)CC1. The van der Waals surface area contributed by atoms with Crippen molar-refractivity contribution in [3.63, 3.8) is 0 Å². The van der Waals surface area contributed by atoms with Crippen LogP contribution >= 0.6 is 0 Å². The zero-order valence-electron chi connectivity index (χ0n) is 17.3. The molecule has 4 rings (SSSR count). The van der Waals surface area contributed by atoms with E-state index in [1.165, 1.54) is 62.5 Å². The van der Waals surface area contributed by atoms with Gasteiger partial charge in [-0.1, -0.05) is 63.3 Å². The van der Waals surface area contributed by atoms with Gasteiger partial charge in [0.15, 0.2) is 0 Å². The molecule has 2 fully saturated rings. The number of allylic oxidation sites excluding steroid dienone is 6. The highest BCUT2D eigenvalue weighted by Crippen LogP contribution is 2.66. The van der Waals surface area contributed by atoms with Gasteiger partial charge >= 0.3 is 0 Å². The second-order valence-corrected chi connectivity index (χ2v) is 10.3. The summed E-state index contributed by atoms with van der Waals surface area (Å²) in [7, 11) is 0. The maximum Gasteiger partial charge on any atom is -0.00382 e. The lowest BCUT2D eigenvalue weighted by Gasteiger charge is -2.56. The topological polar surface area (TPSA) is 0 Å². The number of hydrogen-bond donors (Lipinski definition) is 0. The van der Waals surface area contributed by atoms with Crippen molar-refractivity contribution in [2.24, 2.45) is 34.5 Å². The van der Waals surface area contributed by atoms with Crippen LogP contribution in [0.3, 0.4) is 0 Å². The summed E-state index contributed by atoms with van der Waals surface area (Å²) >= 11 is 0. The molecule has 0 aliphatic heterocycles. The molecule has 2 saturated carbocycles. The summed E-state index contributed by atoms with van der Waals surface area (Å²) in [5.41, 5.74) is 5.32. The average molecular weight is 351 g/mol. The third-order valence-electron chi connectivity index (χ3n) is 9.18. The van der Waals surface area contributed by atoms with Crippen LogP contribution in [0.4, 0.5) is 0 Å². The summed E-state index contributed by atoms with van der Waals surface area (Å²) in [6.07, 6.45) is 19.6. The minimum atomic E-state index is 0.399. The molecule has 0 bridgehead atoms. The fourth-order valence-corrected chi connectivity index (χ4v) is 7.22. The summed E-state index contributed by atoms with van der Waals surface area (Å²) in [6, 6.07) is 0. The summed E-state index contributed by atoms with van der Waals surface area (Å²) in [4.78, 5) is 0. The fourth-order valence-electron chi connectivity index (χ4n) is 7.22. The maximum atomic E-state index is 4.26. The van der Waals surface area contributed by atoms with E-state index in [-0.39, 0.29) is 0 Å². The quantitative estimate of drug-likeness (QED) is 0.457.